The first kappa shape index (κ1) is 23.7. The van der Waals surface area contributed by atoms with E-state index in [1.54, 1.807) is 19.2 Å². The van der Waals surface area contributed by atoms with Crippen LogP contribution in [0.4, 0.5) is 0 Å². The van der Waals surface area contributed by atoms with Crippen molar-refractivity contribution in [2.45, 2.75) is 44.9 Å². The molecule has 0 heterocycles. The Balaban J connectivity index is 2.61. The van der Waals surface area contributed by atoms with Gasteiger partial charge in [0.05, 0.1) is 10.0 Å². The largest absolute Gasteiger partial charge is 0.467 e. The average Bonchev–Trinajstić information content (AvgIpc) is 2.54. The molecule has 0 bridgehead atoms. The van der Waals surface area contributed by atoms with Gasteiger partial charge in [-0.1, -0.05) is 44.0 Å². The Morgan fingerprint density at radius 2 is 1.88 bits per heavy atom. The minimum atomic E-state index is -1.73. The van der Waals surface area contributed by atoms with Gasteiger partial charge in [-0.2, -0.15) is 0 Å². The molecule has 0 aliphatic heterocycles. The summed E-state index contributed by atoms with van der Waals surface area (Å²) in [6.45, 7) is 13.2. The van der Waals surface area contributed by atoms with Gasteiger partial charge in [-0.05, 0) is 30.3 Å². The van der Waals surface area contributed by atoms with Crippen molar-refractivity contribution in [2.75, 3.05) is 33.6 Å². The van der Waals surface area contributed by atoms with Gasteiger partial charge in [-0.15, -0.1) is 0 Å². The molecule has 0 amide bonds. The molecule has 0 fully saturated rings. The maximum Gasteiger partial charge on any atom is 0.192 e. The van der Waals surface area contributed by atoms with Crippen LogP contribution < -0.4 is 15.8 Å². The molecule has 1 aromatic carbocycles. The number of nitrogens with two attached hydrogens (primary N) is 1. The van der Waals surface area contributed by atoms with E-state index in [1.807, 2.05) is 0 Å². The summed E-state index contributed by atoms with van der Waals surface area (Å²) in [5.41, 5.74) is 6.99. The lowest BCUT2D eigenvalue weighted by molar-refractivity contribution is 0.0502. The number of methoxy groups -OCH3 is 1. The Kier molecular flexibility index (Phi) is 9.36. The van der Waals surface area contributed by atoms with Crippen LogP contribution in [0.2, 0.25) is 28.2 Å². The van der Waals surface area contributed by atoms with Crippen LogP contribution in [0.3, 0.4) is 0 Å². The highest BCUT2D eigenvalue weighted by Crippen LogP contribution is 2.37. The molecule has 0 saturated heterocycles. The molecule has 0 aliphatic carbocycles. The molecule has 8 heteroatoms. The zero-order valence-corrected chi connectivity index (χ0v) is 19.1. The summed E-state index contributed by atoms with van der Waals surface area (Å²) in [4.78, 5) is 0. The zero-order valence-electron chi connectivity index (χ0n) is 16.6. The summed E-state index contributed by atoms with van der Waals surface area (Å²) >= 11 is 12.5. The van der Waals surface area contributed by atoms with E-state index in [1.165, 1.54) is 0 Å². The van der Waals surface area contributed by atoms with Crippen molar-refractivity contribution < 1.29 is 13.9 Å². The highest BCUT2D eigenvalue weighted by atomic mass is 35.5. The monoisotopic (exact) mass is 422 g/mol. The Morgan fingerprint density at radius 3 is 2.46 bits per heavy atom. The highest BCUT2D eigenvalue weighted by molar-refractivity contribution is 6.74. The second-order valence-electron chi connectivity index (χ2n) is 7.74. The molecule has 1 atom stereocenters. The minimum Gasteiger partial charge on any atom is -0.467 e. The Morgan fingerprint density at radius 1 is 1.23 bits per heavy atom. The molecule has 0 radical (unpaired) electrons. The lowest BCUT2D eigenvalue weighted by Crippen LogP contribution is -2.42. The van der Waals surface area contributed by atoms with E-state index < -0.39 is 8.32 Å². The van der Waals surface area contributed by atoms with Crippen LogP contribution in [0.5, 0.6) is 5.75 Å². The molecule has 0 unspecified atom stereocenters. The fraction of sp³-hybridized carbons (Fsp3) is 0.667. The second kappa shape index (κ2) is 10.3. The lowest BCUT2D eigenvalue weighted by Gasteiger charge is -2.36. The van der Waals surface area contributed by atoms with E-state index >= 15 is 0 Å². The Hall–Kier alpha value is -0.343. The fourth-order valence-electron chi connectivity index (χ4n) is 2.10. The number of rotatable bonds is 10. The Bertz CT molecular complexity index is 580. The van der Waals surface area contributed by atoms with Gasteiger partial charge in [0, 0.05) is 38.4 Å². The van der Waals surface area contributed by atoms with Gasteiger partial charge in [0.25, 0.3) is 0 Å². The third-order valence-corrected chi connectivity index (χ3v) is 10.1. The van der Waals surface area contributed by atoms with Crippen molar-refractivity contribution in [2.24, 2.45) is 5.73 Å². The molecular weight excluding hydrogens is 391 g/mol. The van der Waals surface area contributed by atoms with Gasteiger partial charge in [0.1, 0.15) is 5.75 Å². The molecule has 0 saturated carbocycles. The van der Waals surface area contributed by atoms with E-state index in [2.05, 4.69) is 39.2 Å². The summed E-state index contributed by atoms with van der Waals surface area (Å²) in [5.74, 6) is 0.577. The molecule has 0 spiro atoms. The van der Waals surface area contributed by atoms with Crippen molar-refractivity contribution in [3.8, 4) is 5.75 Å². The average molecular weight is 423 g/mol. The van der Waals surface area contributed by atoms with Crippen LogP contribution in [-0.4, -0.2) is 41.9 Å². The van der Waals surface area contributed by atoms with E-state index in [0.29, 0.717) is 41.1 Å². The lowest BCUT2D eigenvalue weighted by atomic mass is 10.1. The van der Waals surface area contributed by atoms with Gasteiger partial charge in [-0.25, -0.2) is 0 Å². The fourth-order valence-corrected chi connectivity index (χ4v) is 3.60. The molecule has 26 heavy (non-hydrogen) atoms. The van der Waals surface area contributed by atoms with Crippen molar-refractivity contribution in [3.05, 3.63) is 27.7 Å². The first-order valence-electron chi connectivity index (χ1n) is 8.71. The third kappa shape index (κ3) is 6.67. The van der Waals surface area contributed by atoms with Gasteiger partial charge >= 0.3 is 0 Å². The third-order valence-electron chi connectivity index (χ3n) is 4.71. The molecule has 150 valence electrons. The van der Waals surface area contributed by atoms with E-state index in [4.69, 9.17) is 42.8 Å². The minimum absolute atomic E-state index is 0.117. The zero-order chi connectivity index (χ0) is 20.0. The maximum absolute atomic E-state index is 6.34. The molecule has 0 aliphatic rings. The first-order valence-corrected chi connectivity index (χ1v) is 12.4. The molecule has 1 rings (SSSR count). The summed E-state index contributed by atoms with van der Waals surface area (Å²) in [6.07, 6.45) is 0. The number of hydrogen-bond donors (Lipinski definition) is 2. The summed E-state index contributed by atoms with van der Waals surface area (Å²) < 4.78 is 16.7. The molecule has 0 aromatic heterocycles. The van der Waals surface area contributed by atoms with Gasteiger partial charge in [-0.3, -0.25) is 0 Å². The van der Waals surface area contributed by atoms with Gasteiger partial charge in [0.2, 0.25) is 0 Å². The van der Waals surface area contributed by atoms with Gasteiger partial charge in [0.15, 0.2) is 15.1 Å². The number of halogens is 2. The number of ether oxygens (including phenoxy) is 2. The van der Waals surface area contributed by atoms with Crippen LogP contribution in [0.25, 0.3) is 0 Å². The number of benzene rings is 1. The number of nitrogens with one attached hydrogen (secondary N) is 1. The van der Waals surface area contributed by atoms with Crippen LogP contribution >= 0.6 is 23.2 Å². The van der Waals surface area contributed by atoms with Crippen molar-refractivity contribution in [1.29, 1.82) is 0 Å². The quantitative estimate of drug-likeness (QED) is 0.327. The van der Waals surface area contributed by atoms with Crippen LogP contribution in [0.15, 0.2) is 12.1 Å². The predicted octanol–water partition coefficient (Wildman–Crippen LogP) is 4.59. The molecule has 1 aromatic rings. The van der Waals surface area contributed by atoms with Crippen LogP contribution in [0, 0.1) is 0 Å². The molecule has 5 nitrogen and oxygen atoms in total. The van der Waals surface area contributed by atoms with E-state index in [0.717, 1.165) is 0 Å². The van der Waals surface area contributed by atoms with Crippen molar-refractivity contribution in [3.63, 3.8) is 0 Å². The first-order chi connectivity index (χ1) is 12.0. The van der Waals surface area contributed by atoms with E-state index in [9.17, 15) is 0 Å². The maximum atomic E-state index is 6.34. The predicted molar refractivity (Wildman–Crippen MR) is 112 cm³/mol. The summed E-state index contributed by atoms with van der Waals surface area (Å²) in [7, 11) is -0.173. The number of hydrogen-bond acceptors (Lipinski definition) is 5. The highest BCUT2D eigenvalue weighted by Gasteiger charge is 2.36. The normalized spacial score (nSPS) is 13.7. The SMILES string of the molecule is COCOc1ccc(Cl)c(Cl)c1[C@H](N)CNCCO[Si](C)(C)C(C)(C)C. The summed E-state index contributed by atoms with van der Waals surface area (Å²) in [6, 6.07) is 3.08. The topological polar surface area (TPSA) is 65.7 Å². The van der Waals surface area contributed by atoms with Crippen molar-refractivity contribution >= 4 is 31.5 Å². The Labute approximate surface area is 168 Å². The molecule has 3 N–H and O–H groups in total. The van der Waals surface area contributed by atoms with Crippen molar-refractivity contribution in [1.82, 2.24) is 5.32 Å². The second-order valence-corrected chi connectivity index (χ2v) is 13.3. The van der Waals surface area contributed by atoms with Gasteiger partial charge < -0.3 is 25.0 Å². The summed E-state index contributed by atoms with van der Waals surface area (Å²) in [5, 5.41) is 4.38. The standard InChI is InChI=1S/C18H32Cl2N2O3Si/c1-18(2,3)26(5,6)25-10-9-22-11-14(21)16-15(24-12-23-4)8-7-13(19)17(16)20/h7-8,14,22H,9-12,21H2,1-6H3/t14-/m1/s1. The van der Waals surface area contributed by atoms with Crippen LogP contribution in [-0.2, 0) is 9.16 Å². The smallest absolute Gasteiger partial charge is 0.192 e. The van der Waals surface area contributed by atoms with Crippen LogP contribution in [0.1, 0.15) is 32.4 Å². The molecular formula is C18H32Cl2N2O3Si. The van der Waals surface area contributed by atoms with E-state index in [-0.39, 0.29) is 17.9 Å².